The van der Waals surface area contributed by atoms with Crippen molar-refractivity contribution in [2.24, 2.45) is 5.18 Å². The van der Waals surface area contributed by atoms with E-state index >= 15 is 0 Å². The van der Waals surface area contributed by atoms with Crippen molar-refractivity contribution in [2.75, 3.05) is 27.9 Å². The minimum absolute atomic E-state index is 0.0421. The van der Waals surface area contributed by atoms with Crippen molar-refractivity contribution in [1.82, 2.24) is 0 Å². The Labute approximate surface area is 127 Å². The first-order valence-corrected chi connectivity index (χ1v) is 6.28. The number of ether oxygens (including phenoxy) is 4. The van der Waals surface area contributed by atoms with Crippen LogP contribution >= 0.6 is 0 Å². The Morgan fingerprint density at radius 1 is 1.14 bits per heavy atom. The second kappa shape index (κ2) is 7.87. The highest BCUT2D eigenvalue weighted by Gasteiger charge is 2.22. The van der Waals surface area contributed by atoms with Gasteiger partial charge in [-0.25, -0.2) is 4.79 Å². The lowest BCUT2D eigenvalue weighted by atomic mass is 10.1. The summed E-state index contributed by atoms with van der Waals surface area (Å²) in [5.74, 6) is -0.871. The van der Waals surface area contributed by atoms with E-state index in [1.54, 1.807) is 6.92 Å². The molecule has 0 atom stereocenters. The van der Waals surface area contributed by atoms with E-state index in [2.05, 4.69) is 9.91 Å². The lowest BCUT2D eigenvalue weighted by Gasteiger charge is -2.14. The van der Waals surface area contributed by atoms with Crippen molar-refractivity contribution >= 4 is 11.7 Å². The summed E-state index contributed by atoms with van der Waals surface area (Å²) in [5, 5.41) is 12.6. The molecule has 0 radical (unpaired) electrons. The molecule has 1 aromatic rings. The predicted molar refractivity (Wildman–Crippen MR) is 78.1 cm³/mol. The monoisotopic (exact) mass is 311 g/mol. The van der Waals surface area contributed by atoms with Gasteiger partial charge in [-0.3, -0.25) is 0 Å². The van der Waals surface area contributed by atoms with Gasteiger partial charge in [-0.1, -0.05) is 0 Å². The SMILES string of the molecule is CCOC(=O)/C(N=O)=C(\O)c1cc(OC)c(OC)c(OC)c1. The first-order chi connectivity index (χ1) is 10.5. The third-order valence-corrected chi connectivity index (χ3v) is 2.72. The van der Waals surface area contributed by atoms with Gasteiger partial charge in [-0.05, 0) is 24.2 Å². The Bertz CT molecular complexity index is 570. The summed E-state index contributed by atoms with van der Waals surface area (Å²) in [6, 6.07) is 2.75. The molecule has 8 heteroatoms. The molecule has 8 nitrogen and oxygen atoms in total. The smallest absolute Gasteiger partial charge is 0.364 e. The molecule has 1 rings (SSSR count). The number of benzene rings is 1. The number of aliphatic hydroxyl groups excluding tert-OH is 1. The highest BCUT2D eigenvalue weighted by atomic mass is 16.5. The second-order valence-corrected chi connectivity index (χ2v) is 3.92. The number of nitroso groups, excluding NO2 is 1. The fourth-order valence-electron chi connectivity index (χ4n) is 1.73. The third-order valence-electron chi connectivity index (χ3n) is 2.72. The molecule has 0 fully saturated rings. The van der Waals surface area contributed by atoms with E-state index in [9.17, 15) is 14.8 Å². The number of methoxy groups -OCH3 is 3. The van der Waals surface area contributed by atoms with Gasteiger partial charge >= 0.3 is 5.97 Å². The lowest BCUT2D eigenvalue weighted by molar-refractivity contribution is -0.138. The number of carbonyl (C=O) groups is 1. The molecule has 0 aliphatic carbocycles. The normalized spacial score (nSPS) is 11.3. The van der Waals surface area contributed by atoms with Gasteiger partial charge in [-0.2, -0.15) is 0 Å². The molecular weight excluding hydrogens is 294 g/mol. The quantitative estimate of drug-likeness (QED) is 0.356. The molecule has 0 bridgehead atoms. The van der Waals surface area contributed by atoms with E-state index in [0.29, 0.717) is 5.75 Å². The molecule has 0 heterocycles. The van der Waals surface area contributed by atoms with Crippen LogP contribution in [0, 0.1) is 4.91 Å². The molecule has 0 saturated heterocycles. The highest BCUT2D eigenvalue weighted by Crippen LogP contribution is 2.40. The number of hydrogen-bond acceptors (Lipinski definition) is 8. The molecule has 120 valence electrons. The van der Waals surface area contributed by atoms with Crippen LogP contribution in [0.4, 0.5) is 0 Å². The highest BCUT2D eigenvalue weighted by molar-refractivity contribution is 5.95. The zero-order valence-electron chi connectivity index (χ0n) is 12.7. The van der Waals surface area contributed by atoms with Crippen LogP contribution in [-0.4, -0.2) is 39.0 Å². The van der Waals surface area contributed by atoms with Crippen molar-refractivity contribution < 1.29 is 28.8 Å². The minimum atomic E-state index is -1.02. The summed E-state index contributed by atoms with van der Waals surface area (Å²) in [6.07, 6.45) is 0. The van der Waals surface area contributed by atoms with Crippen LogP contribution in [0.1, 0.15) is 12.5 Å². The summed E-state index contributed by atoms with van der Waals surface area (Å²) < 4.78 is 20.1. The fraction of sp³-hybridized carbons (Fsp3) is 0.357. The second-order valence-electron chi connectivity index (χ2n) is 3.92. The summed E-state index contributed by atoms with van der Waals surface area (Å²) in [5.41, 5.74) is -0.645. The molecule has 0 amide bonds. The number of carbonyl (C=O) groups excluding carboxylic acids is 1. The molecule has 0 aliphatic heterocycles. The van der Waals surface area contributed by atoms with E-state index in [1.165, 1.54) is 33.5 Å². The Balaban J connectivity index is 3.47. The molecule has 1 aromatic carbocycles. The van der Waals surface area contributed by atoms with Gasteiger partial charge in [-0.15, -0.1) is 4.91 Å². The number of nitrogens with zero attached hydrogens (tertiary/aromatic N) is 1. The Morgan fingerprint density at radius 2 is 1.68 bits per heavy atom. The molecule has 22 heavy (non-hydrogen) atoms. The summed E-state index contributed by atoms with van der Waals surface area (Å²) in [6.45, 7) is 1.61. The maximum Gasteiger partial charge on any atom is 0.364 e. The van der Waals surface area contributed by atoms with Crippen LogP contribution in [0.2, 0.25) is 0 Å². The topological polar surface area (TPSA) is 104 Å². The van der Waals surface area contributed by atoms with Gasteiger partial charge in [0.05, 0.1) is 27.9 Å². The van der Waals surface area contributed by atoms with Crippen LogP contribution in [0.5, 0.6) is 17.2 Å². The molecule has 0 aromatic heterocycles. The van der Waals surface area contributed by atoms with Crippen molar-refractivity contribution in [3.63, 3.8) is 0 Å². The van der Waals surface area contributed by atoms with Crippen molar-refractivity contribution in [2.45, 2.75) is 6.92 Å². The zero-order chi connectivity index (χ0) is 16.7. The van der Waals surface area contributed by atoms with E-state index in [-0.39, 0.29) is 23.7 Å². The number of aliphatic hydroxyl groups is 1. The van der Waals surface area contributed by atoms with Gasteiger partial charge in [0, 0.05) is 5.56 Å². The zero-order valence-corrected chi connectivity index (χ0v) is 12.7. The van der Waals surface area contributed by atoms with Gasteiger partial charge in [0.2, 0.25) is 11.4 Å². The summed E-state index contributed by atoms with van der Waals surface area (Å²) in [4.78, 5) is 22.4. The molecular formula is C14H17NO7. The van der Waals surface area contributed by atoms with Gasteiger partial charge < -0.3 is 24.1 Å². The summed E-state index contributed by atoms with van der Waals surface area (Å²) >= 11 is 0. The lowest BCUT2D eigenvalue weighted by Crippen LogP contribution is -2.08. The predicted octanol–water partition coefficient (Wildman–Crippen LogP) is 2.27. The van der Waals surface area contributed by atoms with Crippen LogP contribution in [0.15, 0.2) is 23.0 Å². The average molecular weight is 311 g/mol. The largest absolute Gasteiger partial charge is 0.505 e. The van der Waals surface area contributed by atoms with E-state index in [0.717, 1.165) is 0 Å². The standard InChI is InChI=1S/C14H17NO7/c1-5-22-14(17)11(15-18)12(16)8-6-9(19-2)13(21-4)10(7-8)20-3/h6-7,16H,5H2,1-4H3/b12-11+. The average Bonchev–Trinajstić information content (AvgIpc) is 2.54. The van der Waals surface area contributed by atoms with E-state index in [4.69, 9.17) is 14.2 Å². The number of hydrogen-bond donors (Lipinski definition) is 1. The Morgan fingerprint density at radius 3 is 2.05 bits per heavy atom. The third kappa shape index (κ3) is 3.46. The number of esters is 1. The molecule has 1 N–H and O–H groups in total. The molecule has 0 aliphatic rings. The van der Waals surface area contributed by atoms with Gasteiger partial charge in [0.15, 0.2) is 17.3 Å². The van der Waals surface area contributed by atoms with Crippen LogP contribution in [0.3, 0.4) is 0 Å². The van der Waals surface area contributed by atoms with Crippen LogP contribution < -0.4 is 14.2 Å². The van der Waals surface area contributed by atoms with E-state index < -0.39 is 17.4 Å². The first kappa shape index (κ1) is 17.3. The number of rotatable bonds is 7. The molecule has 0 unspecified atom stereocenters. The first-order valence-electron chi connectivity index (χ1n) is 6.28. The Kier molecular flexibility index (Phi) is 6.18. The van der Waals surface area contributed by atoms with E-state index in [1.807, 2.05) is 0 Å². The van der Waals surface area contributed by atoms with Crippen LogP contribution in [-0.2, 0) is 9.53 Å². The molecule has 0 spiro atoms. The van der Waals surface area contributed by atoms with Crippen molar-refractivity contribution in [3.8, 4) is 17.2 Å². The fourth-order valence-corrected chi connectivity index (χ4v) is 1.73. The molecule has 0 saturated carbocycles. The summed E-state index contributed by atoms with van der Waals surface area (Å²) in [7, 11) is 4.21. The van der Waals surface area contributed by atoms with Crippen molar-refractivity contribution in [3.05, 3.63) is 28.3 Å². The minimum Gasteiger partial charge on any atom is -0.505 e. The maximum atomic E-state index is 11.6. The van der Waals surface area contributed by atoms with Crippen molar-refractivity contribution in [1.29, 1.82) is 0 Å². The maximum absolute atomic E-state index is 11.6. The Hall–Kier alpha value is -2.77. The van der Waals surface area contributed by atoms with Gasteiger partial charge in [0.25, 0.3) is 0 Å². The van der Waals surface area contributed by atoms with Crippen LogP contribution in [0.25, 0.3) is 5.76 Å². The van der Waals surface area contributed by atoms with Gasteiger partial charge in [0.1, 0.15) is 0 Å².